The summed E-state index contributed by atoms with van der Waals surface area (Å²) in [5.41, 5.74) is 6.24. The predicted octanol–water partition coefficient (Wildman–Crippen LogP) is 5.63. The first-order valence-corrected chi connectivity index (χ1v) is 17.6. The molecule has 1 aliphatic carbocycles. The van der Waals surface area contributed by atoms with Crippen LogP contribution in [0.3, 0.4) is 0 Å². The molecule has 1 saturated heterocycles. The topological polar surface area (TPSA) is 130 Å². The molecule has 1 saturated carbocycles. The number of carbonyl (C=O) groups excluding carboxylic acids is 1. The SMILES string of the molecule is COc1nc(-c2cccc(-c3cccc(-c4ccn5c(=O)c(CNC[C@H](O)C6CC6)cnc5c4)c3Cl)c2Cl)ccc1CNCC1CCC(=O)N1. The number of halogens is 2. The zero-order valence-electron chi connectivity index (χ0n) is 27.6. The van der Waals surface area contributed by atoms with Crippen molar-refractivity contribution >= 4 is 34.8 Å². The highest BCUT2D eigenvalue weighted by atomic mass is 35.5. The Labute approximate surface area is 299 Å². The molecule has 50 heavy (non-hydrogen) atoms. The van der Waals surface area contributed by atoms with Crippen LogP contribution in [0.1, 0.15) is 36.8 Å². The third-order valence-corrected chi connectivity index (χ3v) is 10.2. The van der Waals surface area contributed by atoms with Crippen LogP contribution in [0.5, 0.6) is 5.88 Å². The van der Waals surface area contributed by atoms with Crippen molar-refractivity contribution in [2.24, 2.45) is 5.92 Å². The van der Waals surface area contributed by atoms with Crippen LogP contribution in [0.15, 0.2) is 77.9 Å². The quantitative estimate of drug-likeness (QED) is 0.124. The van der Waals surface area contributed by atoms with Crippen molar-refractivity contribution < 1.29 is 14.6 Å². The summed E-state index contributed by atoms with van der Waals surface area (Å²) < 4.78 is 7.16. The molecular weight excluding hydrogens is 675 g/mol. The first-order valence-electron chi connectivity index (χ1n) is 16.8. The fourth-order valence-electron chi connectivity index (χ4n) is 6.45. The second kappa shape index (κ2) is 14.9. The summed E-state index contributed by atoms with van der Waals surface area (Å²) in [4.78, 5) is 34.1. The highest BCUT2D eigenvalue weighted by molar-refractivity contribution is 6.39. The summed E-state index contributed by atoms with van der Waals surface area (Å²) >= 11 is 14.2. The van der Waals surface area contributed by atoms with Crippen LogP contribution >= 0.6 is 23.2 Å². The monoisotopic (exact) mass is 712 g/mol. The Bertz CT molecular complexity index is 2120. The van der Waals surface area contributed by atoms with E-state index in [-0.39, 0.29) is 23.6 Å². The molecule has 12 heteroatoms. The number of carbonyl (C=O) groups is 1. The van der Waals surface area contributed by atoms with E-state index in [1.807, 2.05) is 60.7 Å². The van der Waals surface area contributed by atoms with Crippen molar-refractivity contribution in [3.63, 3.8) is 0 Å². The lowest BCUT2D eigenvalue weighted by molar-refractivity contribution is -0.119. The Kier molecular flexibility index (Phi) is 10.2. The van der Waals surface area contributed by atoms with Gasteiger partial charge in [0.1, 0.15) is 5.65 Å². The first kappa shape index (κ1) is 34.1. The minimum Gasteiger partial charge on any atom is -0.481 e. The summed E-state index contributed by atoms with van der Waals surface area (Å²) in [7, 11) is 1.59. The lowest BCUT2D eigenvalue weighted by Crippen LogP contribution is -2.35. The van der Waals surface area contributed by atoms with Gasteiger partial charge >= 0.3 is 0 Å². The number of hydrogen-bond acceptors (Lipinski definition) is 8. The number of aliphatic hydroxyl groups excluding tert-OH is 1. The van der Waals surface area contributed by atoms with Gasteiger partial charge in [-0.15, -0.1) is 0 Å². The van der Waals surface area contributed by atoms with E-state index in [1.54, 1.807) is 19.5 Å². The van der Waals surface area contributed by atoms with E-state index in [4.69, 9.17) is 32.9 Å². The van der Waals surface area contributed by atoms with Crippen molar-refractivity contribution in [1.29, 1.82) is 0 Å². The summed E-state index contributed by atoms with van der Waals surface area (Å²) in [6.45, 7) is 2.00. The van der Waals surface area contributed by atoms with Gasteiger partial charge in [-0.1, -0.05) is 65.7 Å². The summed E-state index contributed by atoms with van der Waals surface area (Å²) in [5.74, 6) is 0.956. The second-order valence-electron chi connectivity index (χ2n) is 12.9. The number of amides is 1. The van der Waals surface area contributed by atoms with Crippen LogP contribution in [-0.4, -0.2) is 57.7 Å². The molecule has 2 fully saturated rings. The standard InChI is InChI=1S/C38H38Cl2N6O4/c1-50-37-24(17-41-20-26-11-13-34(48)44-26)10-12-31(45-37)30-7-3-6-29(36(30)40)28-5-2-4-27(35(28)39)23-14-15-46-33(16-23)43-19-25(38(46)49)18-42-21-32(47)22-8-9-22/h2-7,10,12,14-16,19,22,26,32,41-42,47H,8-9,11,13,17-18,20-21H2,1H3,(H,44,48)/t26?,32-/m0/s1. The Morgan fingerprint density at radius 1 is 0.940 bits per heavy atom. The van der Waals surface area contributed by atoms with Crippen LogP contribution < -0.4 is 26.2 Å². The lowest BCUT2D eigenvalue weighted by Gasteiger charge is -2.16. The van der Waals surface area contributed by atoms with Crippen molar-refractivity contribution in [2.75, 3.05) is 20.2 Å². The number of fused-ring (bicyclic) bond motifs is 1. The Morgan fingerprint density at radius 2 is 1.66 bits per heavy atom. The summed E-state index contributed by atoms with van der Waals surface area (Å²) in [6, 6.07) is 19.3. The number of benzene rings is 2. The molecule has 2 atom stereocenters. The Morgan fingerprint density at radius 3 is 2.38 bits per heavy atom. The van der Waals surface area contributed by atoms with E-state index >= 15 is 0 Å². The number of methoxy groups -OCH3 is 1. The maximum Gasteiger partial charge on any atom is 0.262 e. The van der Waals surface area contributed by atoms with E-state index in [1.165, 1.54) is 4.40 Å². The van der Waals surface area contributed by atoms with Gasteiger partial charge in [0.25, 0.3) is 5.56 Å². The van der Waals surface area contributed by atoms with Gasteiger partial charge in [0.05, 0.1) is 29.0 Å². The molecule has 1 aliphatic heterocycles. The molecule has 7 rings (SSSR count). The zero-order valence-corrected chi connectivity index (χ0v) is 29.1. The molecule has 4 N–H and O–H groups in total. The number of ether oxygens (including phenoxy) is 1. The van der Waals surface area contributed by atoms with Crippen molar-refractivity contribution in [3.8, 4) is 39.4 Å². The smallest absolute Gasteiger partial charge is 0.262 e. The van der Waals surface area contributed by atoms with E-state index in [0.717, 1.165) is 52.6 Å². The van der Waals surface area contributed by atoms with Crippen LogP contribution in [0.25, 0.3) is 39.2 Å². The number of aromatic nitrogens is 3. The molecule has 1 amide bonds. The van der Waals surface area contributed by atoms with Gasteiger partial charge in [0, 0.05) is 84.4 Å². The average molecular weight is 714 g/mol. The number of rotatable bonds is 13. The molecule has 1 unspecified atom stereocenters. The lowest BCUT2D eigenvalue weighted by atomic mass is 9.97. The zero-order chi connectivity index (χ0) is 34.8. The number of nitrogens with one attached hydrogen (secondary N) is 3. The molecule has 4 heterocycles. The van der Waals surface area contributed by atoms with E-state index in [2.05, 4.69) is 20.9 Å². The van der Waals surface area contributed by atoms with Gasteiger partial charge in [-0.05, 0) is 48.9 Å². The fraction of sp³-hybridized carbons (Fsp3) is 0.316. The Balaban J connectivity index is 1.11. The van der Waals surface area contributed by atoms with Crippen molar-refractivity contribution in [2.45, 2.75) is 50.9 Å². The highest BCUT2D eigenvalue weighted by Gasteiger charge is 2.29. The van der Waals surface area contributed by atoms with Gasteiger partial charge in [0.2, 0.25) is 11.8 Å². The van der Waals surface area contributed by atoms with Crippen LogP contribution in [0.4, 0.5) is 0 Å². The minimum atomic E-state index is -0.383. The van der Waals surface area contributed by atoms with Gasteiger partial charge in [-0.2, -0.15) is 0 Å². The molecule has 0 bridgehead atoms. The third kappa shape index (κ3) is 7.26. The third-order valence-electron chi connectivity index (χ3n) is 9.41. The fourth-order valence-corrected chi connectivity index (χ4v) is 7.11. The van der Waals surface area contributed by atoms with Gasteiger partial charge in [0.15, 0.2) is 0 Å². The first-order chi connectivity index (χ1) is 24.3. The summed E-state index contributed by atoms with van der Waals surface area (Å²) in [6.07, 6.45) is 6.43. The Hall–Kier alpha value is -4.32. The number of nitrogens with zero attached hydrogens (tertiary/aromatic N) is 3. The van der Waals surface area contributed by atoms with Crippen molar-refractivity contribution in [1.82, 2.24) is 30.3 Å². The number of aliphatic hydroxyl groups is 1. The minimum absolute atomic E-state index is 0.0939. The maximum absolute atomic E-state index is 13.2. The van der Waals surface area contributed by atoms with Gasteiger partial charge < -0.3 is 25.8 Å². The normalized spacial score (nSPS) is 16.5. The largest absolute Gasteiger partial charge is 0.481 e. The highest BCUT2D eigenvalue weighted by Crippen LogP contribution is 2.42. The predicted molar refractivity (Wildman–Crippen MR) is 195 cm³/mol. The molecule has 0 radical (unpaired) electrons. The van der Waals surface area contributed by atoms with Crippen molar-refractivity contribution in [3.05, 3.63) is 105 Å². The maximum atomic E-state index is 13.2. The van der Waals surface area contributed by atoms with E-state index < -0.39 is 0 Å². The van der Waals surface area contributed by atoms with E-state index in [9.17, 15) is 14.7 Å². The molecule has 0 spiro atoms. The average Bonchev–Trinajstić information content (AvgIpc) is 3.90. The molecule has 10 nitrogen and oxygen atoms in total. The number of hydrogen-bond donors (Lipinski definition) is 4. The summed E-state index contributed by atoms with van der Waals surface area (Å²) in [5, 5.41) is 20.7. The molecule has 2 aromatic carbocycles. The van der Waals surface area contributed by atoms with Gasteiger partial charge in [-0.25, -0.2) is 9.97 Å². The molecule has 5 aromatic rings. The van der Waals surface area contributed by atoms with E-state index in [0.29, 0.717) is 71.3 Å². The molecule has 2 aliphatic rings. The van der Waals surface area contributed by atoms with Crippen LogP contribution in [0, 0.1) is 5.92 Å². The number of pyridine rings is 2. The van der Waals surface area contributed by atoms with Gasteiger partial charge in [-0.3, -0.25) is 14.0 Å². The second-order valence-corrected chi connectivity index (χ2v) is 13.7. The van der Waals surface area contributed by atoms with Crippen LogP contribution in [-0.2, 0) is 17.9 Å². The van der Waals surface area contributed by atoms with Crippen LogP contribution in [0.2, 0.25) is 10.0 Å². The molecular formula is C38H38Cl2N6O4. The molecule has 3 aromatic heterocycles. The molecule has 258 valence electrons.